The van der Waals surface area contributed by atoms with E-state index in [1.165, 1.54) is 0 Å². The van der Waals surface area contributed by atoms with Crippen molar-refractivity contribution in [3.8, 4) is 0 Å². The monoisotopic (exact) mass is 356 g/mol. The van der Waals surface area contributed by atoms with Gasteiger partial charge in [0.25, 0.3) is 5.91 Å². The van der Waals surface area contributed by atoms with E-state index >= 15 is 0 Å². The molecule has 0 bridgehead atoms. The molecule has 0 unspecified atom stereocenters. The Morgan fingerprint density at radius 3 is 2.81 bits per heavy atom. The van der Waals surface area contributed by atoms with Gasteiger partial charge in [0.2, 0.25) is 5.91 Å². The summed E-state index contributed by atoms with van der Waals surface area (Å²) in [5.41, 5.74) is 1.17. The minimum Gasteiger partial charge on any atom is -0.378 e. The van der Waals surface area contributed by atoms with Crippen molar-refractivity contribution in [1.82, 2.24) is 14.5 Å². The highest BCUT2D eigenvalue weighted by atomic mass is 16.5. The molecule has 1 saturated heterocycles. The van der Waals surface area contributed by atoms with Crippen LogP contribution in [-0.2, 0) is 16.0 Å². The van der Waals surface area contributed by atoms with Crippen molar-refractivity contribution in [1.29, 1.82) is 0 Å². The van der Waals surface area contributed by atoms with E-state index in [1.807, 2.05) is 18.4 Å². The Labute approximate surface area is 153 Å². The molecule has 3 rings (SSSR count). The van der Waals surface area contributed by atoms with Gasteiger partial charge in [0.1, 0.15) is 11.9 Å². The summed E-state index contributed by atoms with van der Waals surface area (Å²) in [5, 5.41) is 2.90. The summed E-state index contributed by atoms with van der Waals surface area (Å²) >= 11 is 0. The summed E-state index contributed by atoms with van der Waals surface area (Å²) in [4.78, 5) is 31.2. The van der Waals surface area contributed by atoms with Gasteiger partial charge in [-0.05, 0) is 25.1 Å². The largest absolute Gasteiger partial charge is 0.378 e. The number of imidazole rings is 1. The highest BCUT2D eigenvalue weighted by Crippen LogP contribution is 2.17. The molecule has 1 N–H and O–H groups in total. The van der Waals surface area contributed by atoms with Gasteiger partial charge in [-0.1, -0.05) is 13.0 Å². The third-order valence-corrected chi connectivity index (χ3v) is 4.54. The average Bonchev–Trinajstić information content (AvgIpc) is 3.16. The lowest BCUT2D eigenvalue weighted by Gasteiger charge is -2.27. The number of ether oxygens (including phenoxy) is 1. The van der Waals surface area contributed by atoms with E-state index in [0.717, 1.165) is 12.2 Å². The van der Waals surface area contributed by atoms with Gasteiger partial charge in [-0.2, -0.15) is 0 Å². The molecule has 2 heterocycles. The lowest BCUT2D eigenvalue weighted by Crippen LogP contribution is -2.40. The minimum absolute atomic E-state index is 0.0414. The first-order valence-electron chi connectivity index (χ1n) is 8.89. The van der Waals surface area contributed by atoms with Gasteiger partial charge in [-0.15, -0.1) is 0 Å². The molecule has 26 heavy (non-hydrogen) atoms. The number of hydrogen-bond donors (Lipinski definition) is 1. The Kier molecular flexibility index (Phi) is 5.68. The number of aryl methyl sites for hydroxylation is 1. The number of aromatic nitrogens is 2. The third kappa shape index (κ3) is 3.94. The van der Waals surface area contributed by atoms with E-state index in [9.17, 15) is 9.59 Å². The lowest BCUT2D eigenvalue weighted by molar-refractivity contribution is -0.118. The number of carbonyl (C=O) groups excluding carboxylic acids is 2. The molecule has 1 aliphatic heterocycles. The minimum atomic E-state index is -0.383. The van der Waals surface area contributed by atoms with Gasteiger partial charge >= 0.3 is 0 Å². The quantitative estimate of drug-likeness (QED) is 0.890. The van der Waals surface area contributed by atoms with E-state index in [0.29, 0.717) is 37.6 Å². The molecule has 1 fully saturated rings. The Bertz CT molecular complexity index is 781. The second kappa shape index (κ2) is 8.14. The second-order valence-corrected chi connectivity index (χ2v) is 6.25. The molecule has 1 aromatic carbocycles. The highest BCUT2D eigenvalue weighted by Gasteiger charge is 2.20. The number of nitrogens with zero attached hydrogens (tertiary/aromatic N) is 3. The molecular weight excluding hydrogens is 332 g/mol. The number of nitrogens with one attached hydrogen (secondary N) is 1. The van der Waals surface area contributed by atoms with E-state index in [2.05, 4.69) is 10.3 Å². The SMILES string of the molecule is CCc1nccn1[C@H](C)C(=O)Nc1cccc(C(=O)N2CCOCC2)c1. The molecule has 2 aromatic rings. The fourth-order valence-corrected chi connectivity index (χ4v) is 3.02. The number of benzene rings is 1. The number of anilines is 1. The normalized spacial score (nSPS) is 15.5. The Balaban J connectivity index is 1.70. The first-order valence-corrected chi connectivity index (χ1v) is 8.89. The van der Waals surface area contributed by atoms with Crippen LogP contribution in [0.4, 0.5) is 5.69 Å². The molecule has 7 nitrogen and oxygen atoms in total. The third-order valence-electron chi connectivity index (χ3n) is 4.54. The molecule has 2 amide bonds. The van der Waals surface area contributed by atoms with Crippen LogP contribution in [0.1, 0.15) is 36.1 Å². The summed E-state index contributed by atoms with van der Waals surface area (Å²) in [6.07, 6.45) is 4.26. The topological polar surface area (TPSA) is 76.5 Å². The molecule has 138 valence electrons. The zero-order chi connectivity index (χ0) is 18.5. The van der Waals surface area contributed by atoms with Crippen LogP contribution in [0.3, 0.4) is 0 Å². The molecule has 0 radical (unpaired) electrons. The number of rotatable bonds is 5. The first-order chi connectivity index (χ1) is 12.6. The summed E-state index contributed by atoms with van der Waals surface area (Å²) in [6.45, 7) is 6.14. The molecule has 0 aliphatic carbocycles. The van der Waals surface area contributed by atoms with E-state index < -0.39 is 0 Å². The number of hydrogen-bond acceptors (Lipinski definition) is 4. The molecule has 7 heteroatoms. The van der Waals surface area contributed by atoms with Crippen LogP contribution in [0.15, 0.2) is 36.7 Å². The summed E-state index contributed by atoms with van der Waals surface area (Å²) in [7, 11) is 0. The molecule has 0 saturated carbocycles. The number of morpholine rings is 1. The molecule has 0 spiro atoms. The predicted octanol–water partition coefficient (Wildman–Crippen LogP) is 2.12. The van der Waals surface area contributed by atoms with E-state index in [-0.39, 0.29) is 17.9 Å². The van der Waals surface area contributed by atoms with Crippen molar-refractivity contribution in [2.24, 2.45) is 0 Å². The van der Waals surface area contributed by atoms with Gasteiger partial charge in [0.15, 0.2) is 0 Å². The maximum Gasteiger partial charge on any atom is 0.254 e. The van der Waals surface area contributed by atoms with Crippen LogP contribution in [0.5, 0.6) is 0 Å². The van der Waals surface area contributed by atoms with Crippen LogP contribution in [0.2, 0.25) is 0 Å². The smallest absolute Gasteiger partial charge is 0.254 e. The standard InChI is InChI=1S/C19H24N4O3/c1-3-17-20-7-8-23(17)14(2)18(24)21-16-6-4-5-15(13-16)19(25)22-9-11-26-12-10-22/h4-8,13-14H,3,9-12H2,1-2H3,(H,21,24)/t14-/m1/s1. The highest BCUT2D eigenvalue weighted by molar-refractivity contribution is 5.98. The summed E-state index contributed by atoms with van der Waals surface area (Å²) in [6, 6.07) is 6.67. The van der Waals surface area contributed by atoms with Crippen LogP contribution < -0.4 is 5.32 Å². The van der Waals surface area contributed by atoms with Crippen molar-refractivity contribution in [3.05, 3.63) is 48.0 Å². The Morgan fingerprint density at radius 2 is 2.08 bits per heavy atom. The van der Waals surface area contributed by atoms with Crippen LogP contribution >= 0.6 is 0 Å². The zero-order valence-electron chi connectivity index (χ0n) is 15.1. The van der Waals surface area contributed by atoms with Crippen molar-refractivity contribution in [2.45, 2.75) is 26.3 Å². The maximum absolute atomic E-state index is 12.6. The fourth-order valence-electron chi connectivity index (χ4n) is 3.02. The van der Waals surface area contributed by atoms with Crippen molar-refractivity contribution in [3.63, 3.8) is 0 Å². The zero-order valence-corrected chi connectivity index (χ0v) is 15.1. The molecule has 1 aromatic heterocycles. The number of amides is 2. The lowest BCUT2D eigenvalue weighted by atomic mass is 10.1. The van der Waals surface area contributed by atoms with Crippen LogP contribution in [0.25, 0.3) is 0 Å². The van der Waals surface area contributed by atoms with Gasteiger partial charge in [-0.3, -0.25) is 9.59 Å². The first kappa shape index (κ1) is 18.1. The van der Waals surface area contributed by atoms with Gasteiger partial charge < -0.3 is 19.5 Å². The predicted molar refractivity (Wildman–Crippen MR) is 98.1 cm³/mol. The molecule has 1 atom stereocenters. The van der Waals surface area contributed by atoms with Crippen molar-refractivity contribution < 1.29 is 14.3 Å². The van der Waals surface area contributed by atoms with Crippen molar-refractivity contribution in [2.75, 3.05) is 31.6 Å². The van der Waals surface area contributed by atoms with Crippen molar-refractivity contribution >= 4 is 17.5 Å². The molecule has 1 aliphatic rings. The Morgan fingerprint density at radius 1 is 1.31 bits per heavy atom. The van der Waals surface area contributed by atoms with Crippen LogP contribution in [-0.4, -0.2) is 52.6 Å². The summed E-state index contributed by atoms with van der Waals surface area (Å²) in [5.74, 6) is 0.679. The Hall–Kier alpha value is -2.67. The van der Waals surface area contributed by atoms with Gasteiger partial charge in [-0.25, -0.2) is 4.98 Å². The van der Waals surface area contributed by atoms with Crippen LogP contribution in [0, 0.1) is 0 Å². The van der Waals surface area contributed by atoms with Gasteiger partial charge in [0, 0.05) is 43.2 Å². The maximum atomic E-state index is 12.6. The van der Waals surface area contributed by atoms with E-state index in [1.54, 1.807) is 41.6 Å². The summed E-state index contributed by atoms with van der Waals surface area (Å²) < 4.78 is 7.14. The average molecular weight is 356 g/mol. The van der Waals surface area contributed by atoms with Gasteiger partial charge in [0.05, 0.1) is 13.2 Å². The fraction of sp³-hybridized carbons (Fsp3) is 0.421. The second-order valence-electron chi connectivity index (χ2n) is 6.25. The molecular formula is C19H24N4O3. The van der Waals surface area contributed by atoms with E-state index in [4.69, 9.17) is 4.74 Å². The number of carbonyl (C=O) groups is 2.